The molecule has 31 heavy (non-hydrogen) atoms. The minimum absolute atomic E-state index is 0.422. The zero-order chi connectivity index (χ0) is 22.4. The lowest BCUT2D eigenvalue weighted by atomic mass is 10.1. The molecule has 1 fully saturated rings. The predicted molar refractivity (Wildman–Crippen MR) is 120 cm³/mol. The Bertz CT molecular complexity index is 893. The number of hydrogen-bond donors (Lipinski definition) is 1. The van der Waals surface area contributed by atoms with Gasteiger partial charge in [-0.15, -0.1) is 0 Å². The summed E-state index contributed by atoms with van der Waals surface area (Å²) in [4.78, 5) is 27.3. The van der Waals surface area contributed by atoms with Crippen LogP contribution in [0.5, 0.6) is 5.75 Å². The maximum absolute atomic E-state index is 12.6. The van der Waals surface area contributed by atoms with E-state index in [9.17, 15) is 9.59 Å². The van der Waals surface area contributed by atoms with E-state index in [2.05, 4.69) is 10.2 Å². The molecule has 0 spiro atoms. The molecule has 7 nitrogen and oxygen atoms in total. The molecule has 8 heteroatoms. The minimum atomic E-state index is -1.28. The van der Waals surface area contributed by atoms with Crippen LogP contribution >= 0.6 is 11.6 Å². The van der Waals surface area contributed by atoms with Crippen molar-refractivity contribution in [3.05, 3.63) is 53.6 Å². The number of morpholine rings is 1. The summed E-state index contributed by atoms with van der Waals surface area (Å²) < 4.78 is 16.4. The number of halogens is 1. The fourth-order valence-corrected chi connectivity index (χ4v) is 3.14. The Hall–Kier alpha value is -2.77. The highest BCUT2D eigenvalue weighted by Gasteiger charge is 2.34. The molecule has 166 valence electrons. The van der Waals surface area contributed by atoms with Gasteiger partial charge in [-0.05, 0) is 69.3 Å². The number of hydrogen-bond acceptors (Lipinski definition) is 6. The summed E-state index contributed by atoms with van der Waals surface area (Å²) in [7, 11) is 0. The first-order valence-electron chi connectivity index (χ1n) is 10.1. The number of benzene rings is 2. The quantitative estimate of drug-likeness (QED) is 0.650. The van der Waals surface area contributed by atoms with Gasteiger partial charge in [-0.25, -0.2) is 4.79 Å². The molecule has 0 aliphatic carbocycles. The van der Waals surface area contributed by atoms with Crippen molar-refractivity contribution in [3.63, 3.8) is 0 Å². The van der Waals surface area contributed by atoms with Gasteiger partial charge < -0.3 is 24.4 Å². The summed E-state index contributed by atoms with van der Waals surface area (Å²) in [5, 5.41) is 3.34. The number of amides is 1. The maximum atomic E-state index is 12.6. The van der Waals surface area contributed by atoms with Crippen LogP contribution in [0.2, 0.25) is 5.02 Å². The standard InChI is InChI=1S/C23H27ClN2O5/c1-16(30-22(28)23(2,3)31-20-10-4-17(24)5-11-20)21(27)25-18-6-8-19(9-7-18)26-12-14-29-15-13-26/h4-11,16H,12-15H2,1-3H3,(H,25,27)/t16-/m1/s1. The van der Waals surface area contributed by atoms with Gasteiger partial charge >= 0.3 is 5.97 Å². The average Bonchev–Trinajstić information content (AvgIpc) is 2.76. The van der Waals surface area contributed by atoms with Crippen LogP contribution in [0.15, 0.2) is 48.5 Å². The van der Waals surface area contributed by atoms with E-state index < -0.39 is 23.6 Å². The molecule has 2 aromatic rings. The molecule has 1 aliphatic rings. The Labute approximate surface area is 187 Å². The first-order chi connectivity index (χ1) is 14.7. The zero-order valence-electron chi connectivity index (χ0n) is 17.9. The summed E-state index contributed by atoms with van der Waals surface area (Å²) in [5.41, 5.74) is 0.422. The monoisotopic (exact) mass is 446 g/mol. The average molecular weight is 447 g/mol. The topological polar surface area (TPSA) is 77.1 Å². The smallest absolute Gasteiger partial charge is 0.350 e. The second-order valence-electron chi connectivity index (χ2n) is 7.75. The Morgan fingerprint density at radius 3 is 2.29 bits per heavy atom. The molecule has 0 bridgehead atoms. The van der Waals surface area contributed by atoms with E-state index in [1.807, 2.05) is 24.3 Å². The number of carbonyl (C=O) groups excluding carboxylic acids is 2. The van der Waals surface area contributed by atoms with Crippen LogP contribution in [0.4, 0.5) is 11.4 Å². The number of ether oxygens (including phenoxy) is 3. The van der Waals surface area contributed by atoms with Crippen LogP contribution in [0.1, 0.15) is 20.8 Å². The molecule has 3 rings (SSSR count). The van der Waals surface area contributed by atoms with Crippen molar-refractivity contribution in [3.8, 4) is 5.75 Å². The largest absolute Gasteiger partial charge is 0.476 e. The first kappa shape index (κ1) is 22.9. The summed E-state index contributed by atoms with van der Waals surface area (Å²) in [6, 6.07) is 14.2. The molecule has 2 aromatic carbocycles. The van der Waals surface area contributed by atoms with Crippen LogP contribution in [0, 0.1) is 0 Å². The Morgan fingerprint density at radius 1 is 1.06 bits per heavy atom. The van der Waals surface area contributed by atoms with E-state index in [1.165, 1.54) is 6.92 Å². The second kappa shape index (κ2) is 10.0. The molecule has 1 heterocycles. The lowest BCUT2D eigenvalue weighted by molar-refractivity contribution is -0.166. The molecule has 0 unspecified atom stereocenters. The van der Waals surface area contributed by atoms with E-state index in [0.717, 1.165) is 18.8 Å². The molecule has 0 saturated carbocycles. The highest BCUT2D eigenvalue weighted by molar-refractivity contribution is 6.30. The van der Waals surface area contributed by atoms with Gasteiger partial charge in [-0.1, -0.05) is 11.6 Å². The third kappa shape index (κ3) is 6.35. The summed E-state index contributed by atoms with van der Waals surface area (Å²) in [6.45, 7) is 7.78. The van der Waals surface area contributed by atoms with Crippen molar-refractivity contribution >= 4 is 34.9 Å². The SMILES string of the molecule is C[C@@H](OC(=O)C(C)(C)Oc1ccc(Cl)cc1)C(=O)Nc1ccc(N2CCOCC2)cc1. The Kier molecular flexibility index (Phi) is 7.41. The van der Waals surface area contributed by atoms with Crippen LogP contribution in [0.25, 0.3) is 0 Å². The number of nitrogens with zero attached hydrogens (tertiary/aromatic N) is 1. The Balaban J connectivity index is 1.53. The normalized spacial score (nSPS) is 15.2. The molecule has 0 radical (unpaired) electrons. The van der Waals surface area contributed by atoms with Gasteiger partial charge in [0, 0.05) is 29.5 Å². The molecule has 0 aromatic heterocycles. The fraction of sp³-hybridized carbons (Fsp3) is 0.391. The van der Waals surface area contributed by atoms with E-state index in [0.29, 0.717) is 29.7 Å². The fourth-order valence-electron chi connectivity index (χ4n) is 3.02. The van der Waals surface area contributed by atoms with Crippen LogP contribution in [0.3, 0.4) is 0 Å². The van der Waals surface area contributed by atoms with Crippen molar-refractivity contribution < 1.29 is 23.8 Å². The first-order valence-corrected chi connectivity index (χ1v) is 10.5. The number of nitrogens with one attached hydrogen (secondary N) is 1. The molecule has 1 N–H and O–H groups in total. The number of rotatable bonds is 7. The van der Waals surface area contributed by atoms with Gasteiger partial charge in [0.15, 0.2) is 11.7 Å². The van der Waals surface area contributed by atoms with Gasteiger partial charge in [-0.3, -0.25) is 4.79 Å². The maximum Gasteiger partial charge on any atom is 0.350 e. The van der Waals surface area contributed by atoms with Gasteiger partial charge in [0.25, 0.3) is 5.91 Å². The van der Waals surface area contributed by atoms with E-state index >= 15 is 0 Å². The van der Waals surface area contributed by atoms with Crippen LogP contribution < -0.4 is 15.0 Å². The number of carbonyl (C=O) groups is 2. The van der Waals surface area contributed by atoms with Crippen molar-refractivity contribution in [2.24, 2.45) is 0 Å². The second-order valence-corrected chi connectivity index (χ2v) is 8.19. The predicted octanol–water partition coefficient (Wildman–Crippen LogP) is 3.90. The van der Waals surface area contributed by atoms with Crippen LogP contribution in [-0.4, -0.2) is 49.9 Å². The van der Waals surface area contributed by atoms with E-state index in [4.69, 9.17) is 25.8 Å². The third-order valence-electron chi connectivity index (χ3n) is 4.84. The van der Waals surface area contributed by atoms with Crippen molar-refractivity contribution in [1.82, 2.24) is 0 Å². The van der Waals surface area contributed by atoms with Gasteiger partial charge in [0.1, 0.15) is 5.75 Å². The van der Waals surface area contributed by atoms with Gasteiger partial charge in [0.2, 0.25) is 0 Å². The van der Waals surface area contributed by atoms with E-state index in [1.54, 1.807) is 38.1 Å². The van der Waals surface area contributed by atoms with Crippen molar-refractivity contribution in [2.45, 2.75) is 32.5 Å². The molecule has 1 amide bonds. The molecular weight excluding hydrogens is 420 g/mol. The summed E-state index contributed by atoms with van der Waals surface area (Å²) >= 11 is 5.86. The molecule has 1 aliphatic heterocycles. The zero-order valence-corrected chi connectivity index (χ0v) is 18.6. The highest BCUT2D eigenvalue weighted by atomic mass is 35.5. The minimum Gasteiger partial charge on any atom is -0.476 e. The van der Waals surface area contributed by atoms with Gasteiger partial charge in [0.05, 0.1) is 13.2 Å². The number of anilines is 2. The lowest BCUT2D eigenvalue weighted by Gasteiger charge is -2.29. The highest BCUT2D eigenvalue weighted by Crippen LogP contribution is 2.23. The lowest BCUT2D eigenvalue weighted by Crippen LogP contribution is -2.43. The number of esters is 1. The molecule has 1 atom stereocenters. The van der Waals surface area contributed by atoms with E-state index in [-0.39, 0.29) is 0 Å². The van der Waals surface area contributed by atoms with Crippen molar-refractivity contribution in [2.75, 3.05) is 36.5 Å². The summed E-state index contributed by atoms with van der Waals surface area (Å²) in [6.07, 6.45) is -0.987. The van der Waals surface area contributed by atoms with Crippen LogP contribution in [-0.2, 0) is 19.1 Å². The molecular formula is C23H27ClN2O5. The summed E-state index contributed by atoms with van der Waals surface area (Å²) in [5.74, 6) is -0.591. The molecule has 1 saturated heterocycles. The third-order valence-corrected chi connectivity index (χ3v) is 5.09. The van der Waals surface area contributed by atoms with Crippen molar-refractivity contribution in [1.29, 1.82) is 0 Å². The van der Waals surface area contributed by atoms with Gasteiger partial charge in [-0.2, -0.15) is 0 Å². The Morgan fingerprint density at radius 2 is 1.68 bits per heavy atom.